The molecular weight excluding hydrogens is 741 g/mol. The lowest BCUT2D eigenvalue weighted by molar-refractivity contribution is -0.384. The number of imide groups is 1. The SMILES string of the molecule is CCOC(=O)C1=C(C)N=c2s/c(=C/C34c5ccccc5C(c5ccccc53)[C@@H]3C(=O)N(c5ccc([N+](=O)[O-])cc5)C(=O)[C@H]34)c(=O)n2[C@H]1c1cccc2ccccc12. The second-order valence-corrected chi connectivity index (χ2v) is 15.7. The molecule has 1 fully saturated rings. The second kappa shape index (κ2) is 12.6. The fourth-order valence-corrected chi connectivity index (χ4v) is 10.9. The highest BCUT2D eigenvalue weighted by molar-refractivity contribution is 7.07. The largest absolute Gasteiger partial charge is 0.463 e. The molecule has 6 aromatic rings. The minimum atomic E-state index is -1.27. The topological polar surface area (TPSA) is 141 Å². The Hall–Kier alpha value is -6.79. The molecular formula is C45H32N4O7S. The zero-order valence-electron chi connectivity index (χ0n) is 30.6. The first-order chi connectivity index (χ1) is 27.6. The molecule has 3 aliphatic carbocycles. The second-order valence-electron chi connectivity index (χ2n) is 14.7. The van der Waals surface area contributed by atoms with Gasteiger partial charge in [0, 0.05) is 18.1 Å². The van der Waals surface area contributed by atoms with Crippen molar-refractivity contribution in [1.29, 1.82) is 0 Å². The van der Waals surface area contributed by atoms with E-state index in [1.807, 2.05) is 97.1 Å². The van der Waals surface area contributed by atoms with Crippen LogP contribution in [0.2, 0.25) is 0 Å². The number of hydrogen-bond acceptors (Lipinski definition) is 9. The van der Waals surface area contributed by atoms with Gasteiger partial charge in [-0.3, -0.25) is 29.1 Å². The number of nitro groups is 1. The van der Waals surface area contributed by atoms with Gasteiger partial charge in [0.15, 0.2) is 4.80 Å². The minimum absolute atomic E-state index is 0.136. The average Bonchev–Trinajstić information content (AvgIpc) is 3.68. The molecule has 2 amide bonds. The van der Waals surface area contributed by atoms with Crippen LogP contribution in [0.3, 0.4) is 0 Å². The molecule has 0 saturated carbocycles. The third-order valence-electron chi connectivity index (χ3n) is 12.0. The first-order valence-corrected chi connectivity index (χ1v) is 19.5. The zero-order valence-corrected chi connectivity index (χ0v) is 31.4. The number of aromatic nitrogens is 1. The predicted octanol–water partition coefficient (Wildman–Crippen LogP) is 6.06. The van der Waals surface area contributed by atoms with Crippen LogP contribution in [-0.2, 0) is 24.5 Å². The lowest BCUT2D eigenvalue weighted by atomic mass is 9.47. The third-order valence-corrected chi connectivity index (χ3v) is 13.0. The number of carbonyl (C=O) groups is 3. The number of carbonyl (C=O) groups excluding carboxylic acids is 3. The third kappa shape index (κ3) is 4.73. The van der Waals surface area contributed by atoms with Crippen molar-refractivity contribution in [3.05, 3.63) is 184 Å². The number of nitrogens with zero attached hydrogens (tertiary/aromatic N) is 4. The standard InChI is InChI=1S/C45H32N4O7S/c1-3-56-43(53)35-24(2)46-44-48(39(35)29-16-10-12-25-11-4-5-13-28(25)29)40(50)34(57-44)23-45-32-17-8-6-14-30(32)36(31-15-7-9-18-33(31)45)37-38(45)42(52)47(41(37)51)26-19-21-27(22-20-26)49(54)55/h4-23,36-39H,3H2,1-2H3/b34-23+/t36?,37-,38-,39-,45?/m0/s1. The number of fused-ring (bicyclic) bond motifs is 2. The predicted molar refractivity (Wildman–Crippen MR) is 213 cm³/mol. The van der Waals surface area contributed by atoms with E-state index in [9.17, 15) is 19.7 Å². The summed E-state index contributed by atoms with van der Waals surface area (Å²) in [5, 5.41) is 13.3. The maximum absolute atomic E-state index is 15.2. The van der Waals surface area contributed by atoms with Crippen LogP contribution in [-0.4, -0.2) is 33.9 Å². The van der Waals surface area contributed by atoms with Crippen molar-refractivity contribution in [2.24, 2.45) is 16.8 Å². The van der Waals surface area contributed by atoms with Crippen LogP contribution in [0, 0.1) is 22.0 Å². The van der Waals surface area contributed by atoms with Crippen molar-refractivity contribution >= 4 is 57.3 Å². The summed E-state index contributed by atoms with van der Waals surface area (Å²) < 4.78 is 7.42. The van der Waals surface area contributed by atoms with Crippen molar-refractivity contribution in [1.82, 2.24) is 4.57 Å². The van der Waals surface area contributed by atoms with E-state index in [2.05, 4.69) is 0 Å². The Morgan fingerprint density at radius 3 is 2.18 bits per heavy atom. The van der Waals surface area contributed by atoms with Crippen LogP contribution < -0.4 is 19.8 Å². The quantitative estimate of drug-likeness (QED) is 0.0868. The van der Waals surface area contributed by atoms with Crippen LogP contribution in [0.15, 0.2) is 136 Å². The molecule has 0 unspecified atom stereocenters. The molecule has 0 spiro atoms. The maximum Gasteiger partial charge on any atom is 0.338 e. The number of esters is 1. The lowest BCUT2D eigenvalue weighted by Gasteiger charge is -2.53. The molecule has 5 aliphatic rings. The van der Waals surface area contributed by atoms with E-state index >= 15 is 9.59 Å². The van der Waals surface area contributed by atoms with E-state index in [0.29, 0.717) is 15.0 Å². The van der Waals surface area contributed by atoms with Crippen molar-refractivity contribution in [2.45, 2.75) is 31.2 Å². The van der Waals surface area contributed by atoms with E-state index in [4.69, 9.17) is 9.73 Å². The van der Waals surface area contributed by atoms with E-state index in [1.54, 1.807) is 18.4 Å². The summed E-state index contributed by atoms with van der Waals surface area (Å²) in [5.41, 5.74) is 3.26. The molecule has 2 bridgehead atoms. The Kier molecular flexibility index (Phi) is 7.68. The number of amides is 2. The summed E-state index contributed by atoms with van der Waals surface area (Å²) in [6.45, 7) is 3.61. The van der Waals surface area contributed by atoms with Crippen LogP contribution in [0.5, 0.6) is 0 Å². The number of anilines is 1. The van der Waals surface area contributed by atoms with Crippen LogP contribution in [0.4, 0.5) is 11.4 Å². The van der Waals surface area contributed by atoms with Gasteiger partial charge in [-0.1, -0.05) is 102 Å². The molecule has 2 aliphatic heterocycles. The van der Waals surface area contributed by atoms with E-state index in [-0.39, 0.29) is 23.6 Å². The summed E-state index contributed by atoms with van der Waals surface area (Å²) >= 11 is 1.18. The highest BCUT2D eigenvalue weighted by Gasteiger charge is 2.67. The molecule has 0 radical (unpaired) electrons. The summed E-state index contributed by atoms with van der Waals surface area (Å²) in [6.07, 6.45) is 1.86. The molecule has 1 aromatic heterocycles. The summed E-state index contributed by atoms with van der Waals surface area (Å²) in [6, 6.07) is 33.7. The monoisotopic (exact) mass is 772 g/mol. The highest BCUT2D eigenvalue weighted by Crippen LogP contribution is 2.65. The van der Waals surface area contributed by atoms with Gasteiger partial charge in [-0.05, 0) is 70.6 Å². The number of non-ortho nitro benzene ring substituents is 1. The first kappa shape index (κ1) is 34.7. The highest BCUT2D eigenvalue weighted by atomic mass is 32.1. The van der Waals surface area contributed by atoms with E-state index < -0.39 is 57.5 Å². The maximum atomic E-state index is 15.2. The van der Waals surface area contributed by atoms with Crippen molar-refractivity contribution in [2.75, 3.05) is 11.5 Å². The number of rotatable bonds is 6. The van der Waals surface area contributed by atoms with Crippen molar-refractivity contribution < 1.29 is 24.0 Å². The molecule has 11 rings (SSSR count). The smallest absolute Gasteiger partial charge is 0.338 e. The summed E-state index contributed by atoms with van der Waals surface area (Å²) in [5.74, 6) is -3.64. The van der Waals surface area contributed by atoms with E-state index in [1.165, 1.54) is 35.6 Å². The Balaban J connectivity index is 1.25. The van der Waals surface area contributed by atoms with Gasteiger partial charge in [-0.15, -0.1) is 0 Å². The lowest BCUT2D eigenvalue weighted by Crippen LogP contribution is -2.53. The van der Waals surface area contributed by atoms with Gasteiger partial charge in [0.05, 0.1) is 56.3 Å². The molecule has 280 valence electrons. The molecule has 0 N–H and O–H groups in total. The van der Waals surface area contributed by atoms with Gasteiger partial charge >= 0.3 is 5.97 Å². The normalized spacial score (nSPS) is 23.2. The number of benzene rings is 5. The fourth-order valence-electron chi connectivity index (χ4n) is 9.84. The van der Waals surface area contributed by atoms with Gasteiger partial charge < -0.3 is 4.74 Å². The number of ether oxygens (including phenoxy) is 1. The Morgan fingerprint density at radius 2 is 1.49 bits per heavy atom. The molecule has 1 saturated heterocycles. The summed E-state index contributed by atoms with van der Waals surface area (Å²) in [7, 11) is 0. The van der Waals surface area contributed by atoms with Crippen molar-refractivity contribution in [3.8, 4) is 0 Å². The Labute approximate surface area is 328 Å². The van der Waals surface area contributed by atoms with E-state index in [0.717, 1.165) is 43.5 Å². The first-order valence-electron chi connectivity index (χ1n) is 18.6. The molecule has 3 heterocycles. The number of nitro benzene ring substituents is 1. The number of thiazole rings is 1. The van der Waals surface area contributed by atoms with Crippen molar-refractivity contribution in [3.63, 3.8) is 0 Å². The Morgan fingerprint density at radius 1 is 0.860 bits per heavy atom. The average molecular weight is 773 g/mol. The van der Waals surface area contributed by atoms with Crippen LogP contribution in [0.1, 0.15) is 53.6 Å². The number of allylic oxidation sites excluding steroid dienone is 1. The zero-order chi connectivity index (χ0) is 39.3. The van der Waals surface area contributed by atoms with Gasteiger partial charge in [0.25, 0.3) is 11.2 Å². The molecule has 11 nitrogen and oxygen atoms in total. The minimum Gasteiger partial charge on any atom is -0.463 e. The summed E-state index contributed by atoms with van der Waals surface area (Å²) in [4.78, 5) is 76.1. The molecule has 5 aromatic carbocycles. The van der Waals surface area contributed by atoms with Gasteiger partial charge in [0.2, 0.25) is 11.8 Å². The number of hydrogen-bond donors (Lipinski definition) is 0. The van der Waals surface area contributed by atoms with Gasteiger partial charge in [-0.2, -0.15) is 0 Å². The van der Waals surface area contributed by atoms with Crippen LogP contribution >= 0.6 is 11.3 Å². The van der Waals surface area contributed by atoms with Gasteiger partial charge in [0.1, 0.15) is 0 Å². The Bertz CT molecular complexity index is 2950. The molecule has 57 heavy (non-hydrogen) atoms. The molecule has 3 atom stereocenters. The van der Waals surface area contributed by atoms with Crippen LogP contribution in [0.25, 0.3) is 16.8 Å². The van der Waals surface area contributed by atoms with Gasteiger partial charge in [-0.25, -0.2) is 14.7 Å². The molecule has 12 heteroatoms. The fraction of sp³-hybridized carbons (Fsp3) is 0.178.